The van der Waals surface area contributed by atoms with Gasteiger partial charge in [-0.15, -0.1) is 0 Å². The van der Waals surface area contributed by atoms with E-state index in [1.165, 1.54) is 23.3 Å². The molecular weight excluding hydrogens is 312 g/mol. The smallest absolute Gasteiger partial charge is 0.247 e. The molecule has 0 saturated heterocycles. The standard InChI is InChI=1S/C21H28N2O2/c1-17(15-21(24)22(3)25-4)23(16-19-11-7-5-8-12-19)18(2)20-13-9-6-10-14-20/h5-14,17-18H,15-16H2,1-4H3/t17-,18-/m0/s1. The van der Waals surface area contributed by atoms with Crippen molar-refractivity contribution in [3.8, 4) is 0 Å². The molecule has 0 fully saturated rings. The van der Waals surface area contributed by atoms with Gasteiger partial charge >= 0.3 is 0 Å². The van der Waals surface area contributed by atoms with Gasteiger partial charge in [0.2, 0.25) is 5.91 Å². The zero-order valence-electron chi connectivity index (χ0n) is 15.6. The molecule has 4 nitrogen and oxygen atoms in total. The van der Waals surface area contributed by atoms with Crippen LogP contribution < -0.4 is 0 Å². The van der Waals surface area contributed by atoms with E-state index < -0.39 is 0 Å². The normalized spacial score (nSPS) is 13.5. The van der Waals surface area contributed by atoms with Crippen molar-refractivity contribution >= 4 is 5.91 Å². The minimum absolute atomic E-state index is 0.0201. The summed E-state index contributed by atoms with van der Waals surface area (Å²) in [6, 6.07) is 21.1. The second-order valence-corrected chi connectivity index (χ2v) is 6.37. The first-order valence-corrected chi connectivity index (χ1v) is 8.68. The highest BCUT2D eigenvalue weighted by molar-refractivity contribution is 5.75. The van der Waals surface area contributed by atoms with E-state index in [0.29, 0.717) is 6.42 Å². The fourth-order valence-electron chi connectivity index (χ4n) is 2.99. The lowest BCUT2D eigenvalue weighted by Crippen LogP contribution is -2.39. The lowest BCUT2D eigenvalue weighted by molar-refractivity contribution is -0.170. The summed E-state index contributed by atoms with van der Waals surface area (Å²) in [5, 5.41) is 1.30. The molecule has 0 spiro atoms. The summed E-state index contributed by atoms with van der Waals surface area (Å²) in [7, 11) is 3.16. The predicted molar refractivity (Wildman–Crippen MR) is 101 cm³/mol. The summed E-state index contributed by atoms with van der Waals surface area (Å²) in [6.45, 7) is 5.09. The average molecular weight is 340 g/mol. The Hall–Kier alpha value is -2.17. The van der Waals surface area contributed by atoms with Crippen molar-refractivity contribution in [2.75, 3.05) is 14.2 Å². The number of hydrogen-bond acceptors (Lipinski definition) is 3. The van der Waals surface area contributed by atoms with Crippen molar-refractivity contribution in [1.29, 1.82) is 0 Å². The van der Waals surface area contributed by atoms with Crippen LogP contribution in [0, 0.1) is 0 Å². The van der Waals surface area contributed by atoms with Crippen LogP contribution in [0.3, 0.4) is 0 Å². The molecule has 0 N–H and O–H groups in total. The van der Waals surface area contributed by atoms with Crippen molar-refractivity contribution in [2.45, 2.75) is 38.9 Å². The van der Waals surface area contributed by atoms with Gasteiger partial charge in [0.25, 0.3) is 0 Å². The minimum Gasteiger partial charge on any atom is -0.289 e. The molecule has 1 amide bonds. The molecule has 0 radical (unpaired) electrons. The maximum absolute atomic E-state index is 12.3. The predicted octanol–water partition coefficient (Wildman–Crippen LogP) is 4.05. The molecule has 0 unspecified atom stereocenters. The topological polar surface area (TPSA) is 32.8 Å². The van der Waals surface area contributed by atoms with E-state index in [-0.39, 0.29) is 18.0 Å². The van der Waals surface area contributed by atoms with E-state index in [9.17, 15) is 4.79 Å². The Bertz CT molecular complexity index is 645. The Morgan fingerprint density at radius 3 is 2.12 bits per heavy atom. The first-order valence-electron chi connectivity index (χ1n) is 8.68. The molecule has 2 atom stereocenters. The second kappa shape index (κ2) is 9.35. The first kappa shape index (κ1) is 19.2. The van der Waals surface area contributed by atoms with Crippen molar-refractivity contribution < 1.29 is 9.63 Å². The summed E-state index contributed by atoms with van der Waals surface area (Å²) in [5.74, 6) is -0.0201. The van der Waals surface area contributed by atoms with E-state index in [1.807, 2.05) is 12.1 Å². The van der Waals surface area contributed by atoms with Crippen LogP contribution >= 0.6 is 0 Å². The van der Waals surface area contributed by atoms with Gasteiger partial charge in [-0.2, -0.15) is 0 Å². The van der Waals surface area contributed by atoms with E-state index in [2.05, 4.69) is 67.3 Å². The molecule has 25 heavy (non-hydrogen) atoms. The monoisotopic (exact) mass is 340 g/mol. The van der Waals surface area contributed by atoms with Crippen LogP contribution in [0.5, 0.6) is 0 Å². The van der Waals surface area contributed by atoms with E-state index in [1.54, 1.807) is 7.05 Å². The summed E-state index contributed by atoms with van der Waals surface area (Å²) in [6.07, 6.45) is 0.411. The van der Waals surface area contributed by atoms with Gasteiger partial charge in [-0.1, -0.05) is 60.7 Å². The molecule has 2 aromatic carbocycles. The van der Waals surface area contributed by atoms with Crippen molar-refractivity contribution in [3.63, 3.8) is 0 Å². The van der Waals surface area contributed by atoms with Gasteiger partial charge in [-0.3, -0.25) is 14.5 Å². The maximum Gasteiger partial charge on any atom is 0.247 e. The summed E-state index contributed by atoms with van der Waals surface area (Å²) < 4.78 is 0. The zero-order valence-corrected chi connectivity index (χ0v) is 15.6. The highest BCUT2D eigenvalue weighted by Crippen LogP contribution is 2.26. The fraction of sp³-hybridized carbons (Fsp3) is 0.381. The summed E-state index contributed by atoms with van der Waals surface area (Å²) >= 11 is 0. The number of carbonyl (C=O) groups excluding carboxylic acids is 1. The molecule has 0 heterocycles. The fourth-order valence-corrected chi connectivity index (χ4v) is 2.99. The van der Waals surface area contributed by atoms with Crippen LogP contribution in [0.2, 0.25) is 0 Å². The lowest BCUT2D eigenvalue weighted by atomic mass is 10.0. The zero-order chi connectivity index (χ0) is 18.2. The van der Waals surface area contributed by atoms with Gasteiger partial charge in [0.15, 0.2) is 0 Å². The maximum atomic E-state index is 12.3. The molecule has 4 heteroatoms. The van der Waals surface area contributed by atoms with Gasteiger partial charge in [0.1, 0.15) is 0 Å². The number of nitrogens with zero attached hydrogens (tertiary/aromatic N) is 2. The molecule has 2 aromatic rings. The SMILES string of the molecule is CON(C)C(=O)C[C@H](C)N(Cc1ccccc1)[C@@H](C)c1ccccc1. The third-order valence-electron chi connectivity index (χ3n) is 4.65. The lowest BCUT2D eigenvalue weighted by Gasteiger charge is -2.35. The molecular formula is C21H28N2O2. The van der Waals surface area contributed by atoms with Crippen LogP contribution in [-0.4, -0.2) is 36.1 Å². The number of carbonyl (C=O) groups is 1. The molecule has 0 bridgehead atoms. The Kier molecular flexibility index (Phi) is 7.16. The van der Waals surface area contributed by atoms with Crippen LogP contribution in [0.25, 0.3) is 0 Å². The highest BCUT2D eigenvalue weighted by atomic mass is 16.7. The van der Waals surface area contributed by atoms with Crippen LogP contribution in [0.15, 0.2) is 60.7 Å². The Labute approximate surface area is 151 Å². The molecule has 2 rings (SSSR count). The van der Waals surface area contributed by atoms with E-state index >= 15 is 0 Å². The Morgan fingerprint density at radius 2 is 1.56 bits per heavy atom. The number of amides is 1. The van der Waals surface area contributed by atoms with Gasteiger partial charge in [0.05, 0.1) is 7.11 Å². The quantitative estimate of drug-likeness (QED) is 0.680. The largest absolute Gasteiger partial charge is 0.289 e. The van der Waals surface area contributed by atoms with Crippen molar-refractivity contribution in [2.24, 2.45) is 0 Å². The van der Waals surface area contributed by atoms with Crippen molar-refractivity contribution in [3.05, 3.63) is 71.8 Å². The third kappa shape index (κ3) is 5.41. The number of hydroxylamine groups is 2. The number of rotatable bonds is 8. The van der Waals surface area contributed by atoms with E-state index in [0.717, 1.165) is 6.54 Å². The number of hydrogen-bond donors (Lipinski definition) is 0. The Morgan fingerprint density at radius 1 is 1.00 bits per heavy atom. The van der Waals surface area contributed by atoms with Crippen LogP contribution in [-0.2, 0) is 16.2 Å². The molecule has 0 aliphatic heterocycles. The van der Waals surface area contributed by atoms with Gasteiger partial charge in [0, 0.05) is 32.1 Å². The van der Waals surface area contributed by atoms with Gasteiger partial charge < -0.3 is 0 Å². The van der Waals surface area contributed by atoms with Gasteiger partial charge in [-0.05, 0) is 25.0 Å². The Balaban J connectivity index is 2.20. The molecule has 0 aliphatic carbocycles. The first-order chi connectivity index (χ1) is 12.0. The van der Waals surface area contributed by atoms with E-state index in [4.69, 9.17) is 4.84 Å². The van der Waals surface area contributed by atoms with Crippen molar-refractivity contribution in [1.82, 2.24) is 9.96 Å². The third-order valence-corrected chi connectivity index (χ3v) is 4.65. The van der Waals surface area contributed by atoms with Crippen LogP contribution in [0.4, 0.5) is 0 Å². The molecule has 0 aliphatic rings. The van der Waals surface area contributed by atoms with Crippen LogP contribution in [0.1, 0.15) is 37.4 Å². The summed E-state index contributed by atoms with van der Waals surface area (Å²) in [4.78, 5) is 19.7. The molecule has 0 saturated carbocycles. The molecule has 134 valence electrons. The average Bonchev–Trinajstić information content (AvgIpc) is 2.66. The number of benzene rings is 2. The second-order valence-electron chi connectivity index (χ2n) is 6.37. The van der Waals surface area contributed by atoms with Gasteiger partial charge in [-0.25, -0.2) is 5.06 Å². The minimum atomic E-state index is -0.0201. The highest BCUT2D eigenvalue weighted by Gasteiger charge is 2.24. The molecule has 0 aromatic heterocycles. The summed E-state index contributed by atoms with van der Waals surface area (Å²) in [5.41, 5.74) is 2.49.